The number of fused-ring (bicyclic) bond motifs is 1. The third-order valence-electron chi connectivity index (χ3n) is 4.08. The monoisotopic (exact) mass is 379 g/mol. The fraction of sp³-hybridized carbons (Fsp3) is 0.150. The maximum absolute atomic E-state index is 13.1. The summed E-state index contributed by atoms with van der Waals surface area (Å²) >= 11 is 1.44. The Kier molecular flexibility index (Phi) is 4.60. The summed E-state index contributed by atoms with van der Waals surface area (Å²) < 4.78 is 11.4. The van der Waals surface area contributed by atoms with Crippen LogP contribution in [0.2, 0.25) is 0 Å². The van der Waals surface area contributed by atoms with Crippen molar-refractivity contribution < 1.29 is 14.1 Å². The number of benzene rings is 2. The molecule has 0 saturated carbocycles. The molecule has 0 unspecified atom stereocenters. The molecule has 4 aromatic rings. The normalized spacial score (nSPS) is 10.9. The second-order valence-electron chi connectivity index (χ2n) is 6.04. The largest absolute Gasteiger partial charge is 0.497 e. The van der Waals surface area contributed by atoms with Crippen molar-refractivity contribution in [3.63, 3.8) is 0 Å². The highest BCUT2D eigenvalue weighted by atomic mass is 32.1. The first-order chi connectivity index (χ1) is 13.1. The zero-order valence-corrected chi connectivity index (χ0v) is 15.7. The number of thiazole rings is 1. The van der Waals surface area contributed by atoms with Crippen molar-refractivity contribution in [2.45, 2.75) is 13.5 Å². The van der Waals surface area contributed by atoms with Crippen LogP contribution in [0.25, 0.3) is 10.2 Å². The molecule has 2 aromatic heterocycles. The predicted molar refractivity (Wildman–Crippen MR) is 104 cm³/mol. The molecule has 0 radical (unpaired) electrons. The lowest BCUT2D eigenvalue weighted by molar-refractivity contribution is 0.0949. The Bertz CT molecular complexity index is 1090. The number of hydrogen-bond acceptors (Lipinski definition) is 6. The molecule has 27 heavy (non-hydrogen) atoms. The van der Waals surface area contributed by atoms with Gasteiger partial charge in [-0.25, -0.2) is 4.98 Å². The quantitative estimate of drug-likeness (QED) is 0.512. The molecule has 4 rings (SSSR count). The van der Waals surface area contributed by atoms with Crippen molar-refractivity contribution in [1.29, 1.82) is 0 Å². The van der Waals surface area contributed by atoms with Gasteiger partial charge in [-0.05, 0) is 30.7 Å². The van der Waals surface area contributed by atoms with E-state index in [1.165, 1.54) is 11.3 Å². The maximum atomic E-state index is 13.1. The molecule has 0 spiro atoms. The molecule has 0 aliphatic carbocycles. The number of aryl methyl sites for hydroxylation is 1. The van der Waals surface area contributed by atoms with Gasteiger partial charge in [-0.15, -0.1) is 0 Å². The van der Waals surface area contributed by atoms with Crippen molar-refractivity contribution in [1.82, 2.24) is 10.1 Å². The van der Waals surface area contributed by atoms with Crippen LogP contribution in [0.1, 0.15) is 21.8 Å². The zero-order chi connectivity index (χ0) is 18.8. The SMILES string of the molecule is COc1ccc2nc(N(Cc3ccccc3)C(=O)c3cc(C)no3)sc2c1. The Morgan fingerprint density at radius 2 is 2.00 bits per heavy atom. The minimum Gasteiger partial charge on any atom is -0.497 e. The van der Waals surface area contributed by atoms with Crippen LogP contribution in [0, 0.1) is 6.92 Å². The van der Waals surface area contributed by atoms with Crippen LogP contribution in [-0.4, -0.2) is 23.2 Å². The molecule has 0 N–H and O–H groups in total. The number of methoxy groups -OCH3 is 1. The third kappa shape index (κ3) is 3.54. The molecule has 0 aliphatic heterocycles. The van der Waals surface area contributed by atoms with Crippen molar-refractivity contribution in [3.05, 3.63) is 71.6 Å². The maximum Gasteiger partial charge on any atom is 0.298 e. The number of carbonyl (C=O) groups excluding carboxylic acids is 1. The Balaban J connectivity index is 1.75. The Morgan fingerprint density at radius 3 is 2.70 bits per heavy atom. The van der Waals surface area contributed by atoms with Gasteiger partial charge in [0.15, 0.2) is 5.13 Å². The van der Waals surface area contributed by atoms with E-state index in [9.17, 15) is 4.79 Å². The first kappa shape index (κ1) is 17.2. The van der Waals surface area contributed by atoms with E-state index in [4.69, 9.17) is 9.26 Å². The van der Waals surface area contributed by atoms with Crippen LogP contribution in [0.3, 0.4) is 0 Å². The minimum atomic E-state index is -0.273. The fourth-order valence-corrected chi connectivity index (χ4v) is 3.72. The summed E-state index contributed by atoms with van der Waals surface area (Å²) in [4.78, 5) is 19.4. The molecule has 0 bridgehead atoms. The molecule has 1 amide bonds. The van der Waals surface area contributed by atoms with E-state index in [0.29, 0.717) is 17.4 Å². The fourth-order valence-electron chi connectivity index (χ4n) is 2.72. The number of ether oxygens (including phenoxy) is 1. The van der Waals surface area contributed by atoms with Crippen LogP contribution in [0.15, 0.2) is 59.1 Å². The van der Waals surface area contributed by atoms with Crippen LogP contribution >= 0.6 is 11.3 Å². The van der Waals surface area contributed by atoms with Crippen LogP contribution < -0.4 is 9.64 Å². The van der Waals surface area contributed by atoms with E-state index < -0.39 is 0 Å². The van der Waals surface area contributed by atoms with Crippen molar-refractivity contribution in [2.75, 3.05) is 12.0 Å². The molecule has 7 heteroatoms. The average molecular weight is 379 g/mol. The Morgan fingerprint density at radius 1 is 1.19 bits per heavy atom. The number of hydrogen-bond donors (Lipinski definition) is 0. The lowest BCUT2D eigenvalue weighted by atomic mass is 10.2. The molecule has 0 fully saturated rings. The van der Waals surface area contributed by atoms with Crippen molar-refractivity contribution in [2.24, 2.45) is 0 Å². The second kappa shape index (κ2) is 7.20. The lowest BCUT2D eigenvalue weighted by Crippen LogP contribution is -2.30. The molecule has 2 heterocycles. The summed E-state index contributed by atoms with van der Waals surface area (Å²) in [6, 6.07) is 17.1. The van der Waals surface area contributed by atoms with Gasteiger partial charge >= 0.3 is 0 Å². The van der Waals surface area contributed by atoms with E-state index in [-0.39, 0.29) is 11.7 Å². The summed E-state index contributed by atoms with van der Waals surface area (Å²) in [6.45, 7) is 2.17. The topological polar surface area (TPSA) is 68.5 Å². The summed E-state index contributed by atoms with van der Waals surface area (Å²) in [5.74, 6) is 0.676. The van der Waals surface area contributed by atoms with Gasteiger partial charge in [0.05, 0.1) is 29.6 Å². The van der Waals surface area contributed by atoms with Crippen LogP contribution in [0.5, 0.6) is 5.75 Å². The highest BCUT2D eigenvalue weighted by Gasteiger charge is 2.25. The molecule has 6 nitrogen and oxygen atoms in total. The summed E-state index contributed by atoms with van der Waals surface area (Å²) in [5.41, 5.74) is 2.47. The van der Waals surface area contributed by atoms with Gasteiger partial charge in [0.2, 0.25) is 5.76 Å². The molecular formula is C20H17N3O3S. The third-order valence-corrected chi connectivity index (χ3v) is 5.12. The molecule has 0 atom stereocenters. The van der Waals surface area contributed by atoms with Crippen molar-refractivity contribution in [3.8, 4) is 5.75 Å². The Hall–Kier alpha value is -3.19. The van der Waals surface area contributed by atoms with E-state index >= 15 is 0 Å². The van der Waals surface area contributed by atoms with Gasteiger partial charge in [0.25, 0.3) is 5.91 Å². The average Bonchev–Trinajstić information content (AvgIpc) is 3.31. The van der Waals surface area contributed by atoms with Gasteiger partial charge in [0.1, 0.15) is 5.75 Å². The van der Waals surface area contributed by atoms with E-state index in [1.54, 1.807) is 25.0 Å². The number of nitrogens with zero attached hydrogens (tertiary/aromatic N) is 3. The summed E-state index contributed by atoms with van der Waals surface area (Å²) in [6.07, 6.45) is 0. The lowest BCUT2D eigenvalue weighted by Gasteiger charge is -2.18. The van der Waals surface area contributed by atoms with Gasteiger partial charge in [-0.2, -0.15) is 0 Å². The minimum absolute atomic E-state index is 0.195. The van der Waals surface area contributed by atoms with Crippen LogP contribution in [-0.2, 0) is 6.54 Å². The summed E-state index contributed by atoms with van der Waals surface area (Å²) in [7, 11) is 1.63. The van der Waals surface area contributed by atoms with E-state index in [0.717, 1.165) is 21.5 Å². The number of anilines is 1. The summed E-state index contributed by atoms with van der Waals surface area (Å²) in [5, 5.41) is 4.43. The molecule has 0 aliphatic rings. The number of aromatic nitrogens is 2. The molecule has 136 valence electrons. The van der Waals surface area contributed by atoms with Crippen LogP contribution in [0.4, 0.5) is 5.13 Å². The van der Waals surface area contributed by atoms with E-state index in [1.807, 2.05) is 48.5 Å². The second-order valence-corrected chi connectivity index (χ2v) is 7.05. The van der Waals surface area contributed by atoms with Crippen molar-refractivity contribution >= 4 is 32.6 Å². The smallest absolute Gasteiger partial charge is 0.298 e. The van der Waals surface area contributed by atoms with Gasteiger partial charge in [-0.3, -0.25) is 9.69 Å². The number of amides is 1. The molecule has 2 aromatic carbocycles. The first-order valence-corrected chi connectivity index (χ1v) is 9.19. The molecule has 0 saturated heterocycles. The van der Waals surface area contributed by atoms with Gasteiger partial charge in [-0.1, -0.05) is 46.8 Å². The number of rotatable bonds is 5. The van der Waals surface area contributed by atoms with E-state index in [2.05, 4.69) is 10.1 Å². The molecular weight excluding hydrogens is 362 g/mol. The Labute approximate surface area is 160 Å². The standard InChI is InChI=1S/C20H17N3O3S/c1-13-10-17(26-22-13)19(24)23(12-14-6-4-3-5-7-14)20-21-16-9-8-15(25-2)11-18(16)27-20/h3-11H,12H2,1-2H3. The predicted octanol–water partition coefficient (Wildman–Crippen LogP) is 4.45. The first-order valence-electron chi connectivity index (χ1n) is 8.38. The highest BCUT2D eigenvalue weighted by Crippen LogP contribution is 2.33. The highest BCUT2D eigenvalue weighted by molar-refractivity contribution is 7.22. The number of carbonyl (C=O) groups is 1. The van der Waals surface area contributed by atoms with Gasteiger partial charge < -0.3 is 9.26 Å². The zero-order valence-electron chi connectivity index (χ0n) is 14.9. The van der Waals surface area contributed by atoms with Gasteiger partial charge in [0, 0.05) is 6.07 Å².